The zero-order valence-electron chi connectivity index (χ0n) is 15.6. The van der Waals surface area contributed by atoms with Gasteiger partial charge in [0.05, 0.1) is 6.04 Å². The lowest BCUT2D eigenvalue weighted by molar-refractivity contribution is -0.0196. The summed E-state index contributed by atoms with van der Waals surface area (Å²) < 4.78 is 7.59. The number of likely N-dealkylation sites (tertiary alicyclic amines) is 1. The molecule has 2 aliphatic rings. The first-order chi connectivity index (χ1) is 13.0. The minimum atomic E-state index is -0.282. The molecule has 27 heavy (non-hydrogen) atoms. The number of nitrogens with one attached hydrogen (secondary N) is 1. The van der Waals surface area contributed by atoms with Crippen molar-refractivity contribution in [1.29, 1.82) is 0 Å². The monoisotopic (exact) mass is 368 g/mol. The smallest absolute Gasteiger partial charge is 0.272 e. The molecule has 1 atom stereocenters. The molecule has 1 aromatic heterocycles. The average Bonchev–Trinajstić information content (AvgIpc) is 2.66. The summed E-state index contributed by atoms with van der Waals surface area (Å²) in [4.78, 5) is 26.6. The van der Waals surface area contributed by atoms with E-state index in [2.05, 4.69) is 22.4 Å². The molecule has 7 heteroatoms. The number of amides is 1. The molecule has 142 valence electrons. The summed E-state index contributed by atoms with van der Waals surface area (Å²) in [6.07, 6.45) is 2.60. The quantitative estimate of drug-likeness (QED) is 0.869. The van der Waals surface area contributed by atoms with Gasteiger partial charge in [0.15, 0.2) is 0 Å². The van der Waals surface area contributed by atoms with Gasteiger partial charge in [-0.1, -0.05) is 18.2 Å². The highest BCUT2D eigenvalue weighted by Gasteiger charge is 2.43. The minimum Gasteiger partial charge on any atom is -0.487 e. The second kappa shape index (κ2) is 6.81. The minimum absolute atomic E-state index is 0.148. The van der Waals surface area contributed by atoms with Gasteiger partial charge in [0.2, 0.25) is 0 Å². The van der Waals surface area contributed by atoms with Crippen LogP contribution in [0.2, 0.25) is 0 Å². The van der Waals surface area contributed by atoms with Crippen LogP contribution in [0.15, 0.2) is 41.2 Å². The molecule has 1 saturated heterocycles. The summed E-state index contributed by atoms with van der Waals surface area (Å²) in [5, 5.41) is 7.17. The summed E-state index contributed by atoms with van der Waals surface area (Å²) in [5.41, 5.74) is 0.724. The Labute approximate surface area is 157 Å². The van der Waals surface area contributed by atoms with Crippen molar-refractivity contribution in [2.45, 2.75) is 30.9 Å². The van der Waals surface area contributed by atoms with Crippen LogP contribution in [-0.2, 0) is 7.05 Å². The fourth-order valence-electron chi connectivity index (χ4n) is 3.93. The van der Waals surface area contributed by atoms with Gasteiger partial charge >= 0.3 is 0 Å². The Morgan fingerprint density at radius 3 is 2.67 bits per heavy atom. The molecule has 3 heterocycles. The van der Waals surface area contributed by atoms with E-state index in [0.29, 0.717) is 0 Å². The fourth-order valence-corrected chi connectivity index (χ4v) is 3.93. The van der Waals surface area contributed by atoms with Crippen molar-refractivity contribution in [3.8, 4) is 5.75 Å². The topological polar surface area (TPSA) is 76.5 Å². The molecule has 1 amide bonds. The average molecular weight is 368 g/mol. The Bertz CT molecular complexity index is 915. The lowest BCUT2D eigenvalue weighted by Crippen LogP contribution is -2.51. The predicted molar refractivity (Wildman–Crippen MR) is 101 cm³/mol. The normalized spacial score (nSPS) is 21.3. The van der Waals surface area contributed by atoms with Crippen molar-refractivity contribution in [2.24, 2.45) is 7.05 Å². The van der Waals surface area contributed by atoms with E-state index >= 15 is 0 Å². The van der Waals surface area contributed by atoms with E-state index in [1.54, 1.807) is 0 Å². The van der Waals surface area contributed by atoms with E-state index < -0.39 is 0 Å². The fraction of sp³-hybridized carbons (Fsp3) is 0.450. The van der Waals surface area contributed by atoms with Crippen molar-refractivity contribution >= 4 is 5.91 Å². The SMILES string of the molecule is CN1CCC2(CC1)C[C@@H](NC(=O)c1ccc(=O)n(C)n1)c1ccccc1O2. The Morgan fingerprint density at radius 2 is 1.93 bits per heavy atom. The van der Waals surface area contributed by atoms with Crippen molar-refractivity contribution < 1.29 is 9.53 Å². The number of aromatic nitrogens is 2. The van der Waals surface area contributed by atoms with Gasteiger partial charge in [-0.05, 0) is 32.0 Å². The second-order valence-corrected chi connectivity index (χ2v) is 7.54. The number of benzene rings is 1. The molecular formula is C20H24N4O3. The molecule has 1 fully saturated rings. The zero-order chi connectivity index (χ0) is 19.0. The van der Waals surface area contributed by atoms with E-state index in [4.69, 9.17) is 4.74 Å². The molecule has 0 unspecified atom stereocenters. The summed E-state index contributed by atoms with van der Waals surface area (Å²) >= 11 is 0. The van der Waals surface area contributed by atoms with E-state index in [9.17, 15) is 9.59 Å². The molecule has 0 saturated carbocycles. The first kappa shape index (κ1) is 17.7. The van der Waals surface area contributed by atoms with Gasteiger partial charge in [0.25, 0.3) is 11.5 Å². The first-order valence-electron chi connectivity index (χ1n) is 9.27. The third kappa shape index (κ3) is 3.47. The Morgan fingerprint density at radius 1 is 1.19 bits per heavy atom. The Kier molecular flexibility index (Phi) is 4.47. The lowest BCUT2D eigenvalue weighted by Gasteiger charge is -2.46. The van der Waals surface area contributed by atoms with Gasteiger partial charge in [-0.15, -0.1) is 0 Å². The number of para-hydroxylation sites is 1. The van der Waals surface area contributed by atoms with Crippen LogP contribution in [0.25, 0.3) is 0 Å². The first-order valence-corrected chi connectivity index (χ1v) is 9.27. The van der Waals surface area contributed by atoms with Crippen molar-refractivity contribution in [3.05, 3.63) is 58.0 Å². The number of fused-ring (bicyclic) bond motifs is 1. The summed E-state index contributed by atoms with van der Waals surface area (Å²) in [7, 11) is 3.66. The van der Waals surface area contributed by atoms with Crippen LogP contribution >= 0.6 is 0 Å². The number of ether oxygens (including phenoxy) is 1. The van der Waals surface area contributed by atoms with Crippen LogP contribution in [0.3, 0.4) is 0 Å². The predicted octanol–water partition coefficient (Wildman–Crippen LogP) is 1.50. The standard InChI is InChI=1S/C20H24N4O3/c1-23-11-9-20(10-12-23)13-16(14-5-3-4-6-17(14)27-20)21-19(26)15-7-8-18(25)24(2)22-15/h3-8,16H,9-13H2,1-2H3,(H,21,26)/t16-/m1/s1. The molecule has 2 aliphatic heterocycles. The van der Waals surface area contributed by atoms with Crippen LogP contribution in [-0.4, -0.2) is 46.3 Å². The van der Waals surface area contributed by atoms with Crippen LogP contribution in [0.4, 0.5) is 0 Å². The number of aryl methyl sites for hydroxylation is 1. The molecule has 4 rings (SSSR count). The zero-order valence-corrected chi connectivity index (χ0v) is 15.6. The molecule has 0 radical (unpaired) electrons. The van der Waals surface area contributed by atoms with Crippen molar-refractivity contribution in [2.75, 3.05) is 20.1 Å². The molecule has 7 nitrogen and oxygen atoms in total. The Hall–Kier alpha value is -2.67. The van der Waals surface area contributed by atoms with Gasteiger partial charge in [-0.2, -0.15) is 5.10 Å². The largest absolute Gasteiger partial charge is 0.487 e. The van der Waals surface area contributed by atoms with E-state index in [-0.39, 0.29) is 28.8 Å². The highest BCUT2D eigenvalue weighted by molar-refractivity contribution is 5.92. The number of nitrogens with zero attached hydrogens (tertiary/aromatic N) is 3. The van der Waals surface area contributed by atoms with Gasteiger partial charge in [0.1, 0.15) is 17.0 Å². The summed E-state index contributed by atoms with van der Waals surface area (Å²) in [5.74, 6) is 0.558. The molecule has 1 N–H and O–H groups in total. The molecule has 2 aromatic rings. The second-order valence-electron chi connectivity index (χ2n) is 7.54. The number of piperidine rings is 1. The third-order valence-corrected chi connectivity index (χ3v) is 5.59. The highest BCUT2D eigenvalue weighted by atomic mass is 16.5. The number of hydrogen-bond donors (Lipinski definition) is 1. The number of carbonyl (C=O) groups excluding carboxylic acids is 1. The summed E-state index contributed by atoms with van der Waals surface area (Å²) in [6.45, 7) is 1.95. The lowest BCUT2D eigenvalue weighted by atomic mass is 9.80. The maximum atomic E-state index is 12.8. The van der Waals surface area contributed by atoms with Crippen molar-refractivity contribution in [3.63, 3.8) is 0 Å². The maximum absolute atomic E-state index is 12.8. The number of carbonyl (C=O) groups is 1. The van der Waals surface area contributed by atoms with Gasteiger partial charge in [0, 0.05) is 38.2 Å². The number of hydrogen-bond acceptors (Lipinski definition) is 5. The van der Waals surface area contributed by atoms with E-state index in [1.807, 2.05) is 24.3 Å². The van der Waals surface area contributed by atoms with Crippen molar-refractivity contribution in [1.82, 2.24) is 20.0 Å². The van der Waals surface area contributed by atoms with E-state index in [0.717, 1.165) is 43.7 Å². The summed E-state index contributed by atoms with van der Waals surface area (Å²) in [6, 6.07) is 10.6. The van der Waals surface area contributed by atoms with Gasteiger partial charge in [-0.3, -0.25) is 9.59 Å². The van der Waals surface area contributed by atoms with Gasteiger partial charge in [-0.25, -0.2) is 4.68 Å². The van der Waals surface area contributed by atoms with Crippen LogP contribution in [0, 0.1) is 0 Å². The van der Waals surface area contributed by atoms with Crippen LogP contribution in [0.1, 0.15) is 41.4 Å². The molecular weight excluding hydrogens is 344 g/mol. The van der Waals surface area contributed by atoms with Crippen LogP contribution in [0.5, 0.6) is 5.75 Å². The molecule has 1 aromatic carbocycles. The third-order valence-electron chi connectivity index (χ3n) is 5.59. The molecule has 0 aliphatic carbocycles. The maximum Gasteiger partial charge on any atom is 0.272 e. The van der Waals surface area contributed by atoms with Gasteiger partial charge < -0.3 is 15.0 Å². The molecule has 0 bridgehead atoms. The van der Waals surface area contributed by atoms with Crippen LogP contribution < -0.4 is 15.6 Å². The molecule has 1 spiro atoms. The van der Waals surface area contributed by atoms with E-state index in [1.165, 1.54) is 23.9 Å². The number of rotatable bonds is 2. The highest BCUT2D eigenvalue weighted by Crippen LogP contribution is 2.44. The Balaban J connectivity index is 1.61.